The predicted molar refractivity (Wildman–Crippen MR) is 82.2 cm³/mol. The summed E-state index contributed by atoms with van der Waals surface area (Å²) in [5.74, 6) is 0.937. The third-order valence-electron chi connectivity index (χ3n) is 4.95. The zero-order valence-electron chi connectivity index (χ0n) is 12.6. The summed E-state index contributed by atoms with van der Waals surface area (Å²) in [5.41, 5.74) is 1.38. The molecule has 0 radical (unpaired) electrons. The minimum atomic E-state index is 0.464. The number of nitrogens with zero attached hydrogens (tertiary/aromatic N) is 1. The van der Waals surface area contributed by atoms with Crippen LogP contribution in [0.2, 0.25) is 0 Å². The van der Waals surface area contributed by atoms with Gasteiger partial charge in [0.05, 0.1) is 7.11 Å². The lowest BCUT2D eigenvalue weighted by molar-refractivity contribution is 0.287. The fourth-order valence-corrected chi connectivity index (χ4v) is 3.82. The summed E-state index contributed by atoms with van der Waals surface area (Å²) >= 11 is 0. The maximum atomic E-state index is 5.25. The number of rotatable bonds is 5. The second-order valence-electron chi connectivity index (χ2n) is 6.04. The van der Waals surface area contributed by atoms with Crippen LogP contribution in [0.3, 0.4) is 0 Å². The first-order valence-corrected chi connectivity index (χ1v) is 7.96. The first-order valence-electron chi connectivity index (χ1n) is 7.96. The lowest BCUT2D eigenvalue weighted by atomic mass is 10.00. The molecule has 0 bridgehead atoms. The first kappa shape index (κ1) is 13.9. The molecule has 2 aliphatic heterocycles. The average Bonchev–Trinajstić information content (AvgIpc) is 3.09. The highest BCUT2D eigenvalue weighted by Crippen LogP contribution is 2.30. The molecule has 1 aromatic rings. The Labute approximate surface area is 122 Å². The minimum Gasteiger partial charge on any atom is -0.497 e. The van der Waals surface area contributed by atoms with Crippen molar-refractivity contribution in [2.24, 2.45) is 0 Å². The molecule has 0 amide bonds. The molecule has 110 valence electrons. The van der Waals surface area contributed by atoms with Crippen LogP contribution in [0, 0.1) is 0 Å². The summed E-state index contributed by atoms with van der Waals surface area (Å²) in [6.07, 6.45) is 5.19. The summed E-state index contributed by atoms with van der Waals surface area (Å²) in [6, 6.07) is 10.4. The van der Waals surface area contributed by atoms with Crippen molar-refractivity contribution in [3.63, 3.8) is 0 Å². The van der Waals surface area contributed by atoms with Gasteiger partial charge in [0, 0.05) is 24.7 Å². The summed E-state index contributed by atoms with van der Waals surface area (Å²) in [4.78, 5) is 2.67. The van der Waals surface area contributed by atoms with Gasteiger partial charge in [0.15, 0.2) is 0 Å². The second-order valence-corrected chi connectivity index (χ2v) is 6.04. The maximum absolute atomic E-state index is 5.25. The van der Waals surface area contributed by atoms with Gasteiger partial charge in [0.1, 0.15) is 5.75 Å². The van der Waals surface area contributed by atoms with Crippen LogP contribution < -0.4 is 10.1 Å². The van der Waals surface area contributed by atoms with Gasteiger partial charge in [0.2, 0.25) is 0 Å². The SMILES string of the molecule is CCC(NC1CCN2CCCC12)c1ccc(OC)cc1. The van der Waals surface area contributed by atoms with Gasteiger partial charge in [-0.1, -0.05) is 19.1 Å². The largest absolute Gasteiger partial charge is 0.497 e. The number of hydrogen-bond acceptors (Lipinski definition) is 3. The van der Waals surface area contributed by atoms with Crippen LogP contribution in [0.1, 0.15) is 44.2 Å². The van der Waals surface area contributed by atoms with E-state index in [2.05, 4.69) is 41.4 Å². The van der Waals surface area contributed by atoms with E-state index in [1.165, 1.54) is 37.9 Å². The molecule has 3 rings (SSSR count). The van der Waals surface area contributed by atoms with Gasteiger partial charge in [-0.05, 0) is 49.9 Å². The van der Waals surface area contributed by atoms with Crippen LogP contribution in [0.4, 0.5) is 0 Å². The van der Waals surface area contributed by atoms with Crippen molar-refractivity contribution >= 4 is 0 Å². The van der Waals surface area contributed by atoms with Gasteiger partial charge in [-0.15, -0.1) is 0 Å². The molecule has 2 aliphatic rings. The fourth-order valence-electron chi connectivity index (χ4n) is 3.82. The molecule has 2 saturated heterocycles. The standard InChI is InChI=1S/C17H26N2O/c1-3-15(13-6-8-14(20-2)9-7-13)18-16-10-12-19-11-4-5-17(16)19/h6-9,15-18H,3-5,10-12H2,1-2H3. The fraction of sp³-hybridized carbons (Fsp3) is 0.647. The number of benzene rings is 1. The van der Waals surface area contributed by atoms with Crippen molar-refractivity contribution < 1.29 is 4.74 Å². The van der Waals surface area contributed by atoms with Gasteiger partial charge in [-0.2, -0.15) is 0 Å². The summed E-state index contributed by atoms with van der Waals surface area (Å²) < 4.78 is 5.25. The molecular formula is C17H26N2O. The normalized spacial score (nSPS) is 27.5. The van der Waals surface area contributed by atoms with E-state index in [1.807, 2.05) is 0 Å². The average molecular weight is 274 g/mol. The molecule has 3 unspecified atom stereocenters. The Balaban J connectivity index is 1.67. The summed E-state index contributed by atoms with van der Waals surface area (Å²) in [6.45, 7) is 4.85. The van der Waals surface area contributed by atoms with Crippen molar-refractivity contribution in [2.75, 3.05) is 20.2 Å². The topological polar surface area (TPSA) is 24.5 Å². The molecule has 1 aromatic carbocycles. The molecule has 1 N–H and O–H groups in total. The van der Waals surface area contributed by atoms with E-state index in [4.69, 9.17) is 4.74 Å². The molecule has 0 spiro atoms. The molecule has 0 aromatic heterocycles. The molecular weight excluding hydrogens is 248 g/mol. The van der Waals surface area contributed by atoms with E-state index in [0.29, 0.717) is 12.1 Å². The third-order valence-corrected chi connectivity index (χ3v) is 4.95. The van der Waals surface area contributed by atoms with Crippen molar-refractivity contribution in [3.05, 3.63) is 29.8 Å². The van der Waals surface area contributed by atoms with Crippen LogP contribution in [0.25, 0.3) is 0 Å². The predicted octanol–water partition coefficient (Wildman–Crippen LogP) is 2.97. The number of nitrogens with one attached hydrogen (secondary N) is 1. The number of fused-ring (bicyclic) bond motifs is 1. The quantitative estimate of drug-likeness (QED) is 0.893. The Morgan fingerprint density at radius 2 is 2.05 bits per heavy atom. The van der Waals surface area contributed by atoms with Crippen LogP contribution in [-0.4, -0.2) is 37.2 Å². The molecule has 20 heavy (non-hydrogen) atoms. The molecule has 0 saturated carbocycles. The van der Waals surface area contributed by atoms with Crippen molar-refractivity contribution in [1.82, 2.24) is 10.2 Å². The van der Waals surface area contributed by atoms with Crippen LogP contribution >= 0.6 is 0 Å². The van der Waals surface area contributed by atoms with Gasteiger partial charge >= 0.3 is 0 Å². The van der Waals surface area contributed by atoms with Crippen molar-refractivity contribution in [3.8, 4) is 5.75 Å². The highest BCUT2D eigenvalue weighted by atomic mass is 16.5. The van der Waals surface area contributed by atoms with Gasteiger partial charge in [-0.3, -0.25) is 4.90 Å². The van der Waals surface area contributed by atoms with E-state index in [9.17, 15) is 0 Å². The van der Waals surface area contributed by atoms with E-state index in [1.54, 1.807) is 7.11 Å². The lowest BCUT2D eigenvalue weighted by Crippen LogP contribution is -2.40. The molecule has 3 atom stereocenters. The molecule has 3 heteroatoms. The molecule has 0 aliphatic carbocycles. The zero-order chi connectivity index (χ0) is 13.9. The Hall–Kier alpha value is -1.06. The lowest BCUT2D eigenvalue weighted by Gasteiger charge is -2.27. The van der Waals surface area contributed by atoms with Crippen LogP contribution in [0.15, 0.2) is 24.3 Å². The van der Waals surface area contributed by atoms with Crippen molar-refractivity contribution in [2.45, 2.75) is 50.7 Å². The number of methoxy groups -OCH3 is 1. The smallest absolute Gasteiger partial charge is 0.118 e. The highest BCUT2D eigenvalue weighted by molar-refractivity contribution is 5.29. The van der Waals surface area contributed by atoms with Gasteiger partial charge in [0.25, 0.3) is 0 Å². The van der Waals surface area contributed by atoms with Crippen LogP contribution in [-0.2, 0) is 0 Å². The maximum Gasteiger partial charge on any atom is 0.118 e. The van der Waals surface area contributed by atoms with E-state index in [0.717, 1.165) is 18.2 Å². The second kappa shape index (κ2) is 6.15. The monoisotopic (exact) mass is 274 g/mol. The third kappa shape index (κ3) is 2.70. The zero-order valence-corrected chi connectivity index (χ0v) is 12.6. The minimum absolute atomic E-state index is 0.464. The summed E-state index contributed by atoms with van der Waals surface area (Å²) in [5, 5.41) is 3.91. The summed E-state index contributed by atoms with van der Waals surface area (Å²) in [7, 11) is 1.72. The van der Waals surface area contributed by atoms with Gasteiger partial charge in [-0.25, -0.2) is 0 Å². The van der Waals surface area contributed by atoms with Gasteiger partial charge < -0.3 is 10.1 Å². The Bertz CT molecular complexity index is 431. The number of ether oxygens (including phenoxy) is 1. The van der Waals surface area contributed by atoms with E-state index < -0.39 is 0 Å². The first-order chi connectivity index (χ1) is 9.81. The van der Waals surface area contributed by atoms with E-state index in [-0.39, 0.29) is 0 Å². The Kier molecular flexibility index (Phi) is 4.27. The van der Waals surface area contributed by atoms with Crippen molar-refractivity contribution in [1.29, 1.82) is 0 Å². The Morgan fingerprint density at radius 1 is 1.25 bits per heavy atom. The molecule has 3 nitrogen and oxygen atoms in total. The van der Waals surface area contributed by atoms with E-state index >= 15 is 0 Å². The molecule has 2 fully saturated rings. The molecule has 2 heterocycles. The number of hydrogen-bond donors (Lipinski definition) is 1. The Morgan fingerprint density at radius 3 is 2.75 bits per heavy atom. The highest BCUT2D eigenvalue weighted by Gasteiger charge is 2.37. The van der Waals surface area contributed by atoms with Crippen LogP contribution in [0.5, 0.6) is 5.75 Å².